The molecule has 0 bridgehead atoms. The third kappa shape index (κ3) is 4.72. The maximum atomic E-state index is 12.4. The van der Waals surface area contributed by atoms with Crippen LogP contribution in [0.1, 0.15) is 15.2 Å². The van der Waals surface area contributed by atoms with Crippen LogP contribution in [-0.4, -0.2) is 26.1 Å². The number of ether oxygens (including phenoxy) is 2. The number of carbonyl (C=O) groups is 2. The van der Waals surface area contributed by atoms with E-state index in [9.17, 15) is 9.59 Å². The molecule has 8 heteroatoms. The van der Waals surface area contributed by atoms with Crippen LogP contribution in [0.5, 0.6) is 5.75 Å². The lowest BCUT2D eigenvalue weighted by Crippen LogP contribution is -2.14. The van der Waals surface area contributed by atoms with Crippen molar-refractivity contribution in [3.63, 3.8) is 0 Å². The highest BCUT2D eigenvalue weighted by Gasteiger charge is 2.20. The summed E-state index contributed by atoms with van der Waals surface area (Å²) in [7, 11) is 2.83. The Morgan fingerprint density at radius 2 is 1.69 bits per heavy atom. The van der Waals surface area contributed by atoms with Gasteiger partial charge >= 0.3 is 5.97 Å². The summed E-state index contributed by atoms with van der Waals surface area (Å²) in [5.74, 6) is -0.207. The average Bonchev–Trinajstić information content (AvgIpc) is 3.15. The van der Waals surface area contributed by atoms with Gasteiger partial charge in [0.05, 0.1) is 20.6 Å². The number of carbonyl (C=O) groups excluding carboxylic acids is 2. The largest absolute Gasteiger partial charge is 0.494 e. The number of benzene rings is 2. The number of hydrogen-bond donors (Lipinski definition) is 1. The van der Waals surface area contributed by atoms with Crippen molar-refractivity contribution in [2.24, 2.45) is 0 Å². The van der Waals surface area contributed by atoms with E-state index in [0.717, 1.165) is 11.1 Å². The van der Waals surface area contributed by atoms with E-state index in [1.165, 1.54) is 25.6 Å². The van der Waals surface area contributed by atoms with Gasteiger partial charge in [0.2, 0.25) is 5.91 Å². The molecule has 0 aliphatic carbocycles. The fourth-order valence-corrected chi connectivity index (χ4v) is 4.27. The van der Waals surface area contributed by atoms with Gasteiger partial charge in [-0.1, -0.05) is 41.4 Å². The average molecular weight is 450 g/mol. The zero-order chi connectivity index (χ0) is 21.0. The van der Waals surface area contributed by atoms with E-state index in [2.05, 4.69) is 5.32 Å². The maximum absolute atomic E-state index is 12.4. The third-order valence-corrected chi connectivity index (χ3v) is 5.85. The fourth-order valence-electron chi connectivity index (χ4n) is 2.78. The molecule has 1 N–H and O–H groups in total. The molecular formula is C21H17Cl2NO4S. The van der Waals surface area contributed by atoms with E-state index in [-0.39, 0.29) is 12.3 Å². The molecule has 0 unspecified atom stereocenters. The van der Waals surface area contributed by atoms with Gasteiger partial charge in [-0.25, -0.2) is 4.79 Å². The van der Waals surface area contributed by atoms with Gasteiger partial charge in [0, 0.05) is 26.7 Å². The van der Waals surface area contributed by atoms with Crippen molar-refractivity contribution in [1.29, 1.82) is 0 Å². The number of esters is 1. The first kappa shape index (κ1) is 21.2. The van der Waals surface area contributed by atoms with E-state index in [0.29, 0.717) is 31.9 Å². The van der Waals surface area contributed by atoms with Gasteiger partial charge in [0.25, 0.3) is 0 Å². The van der Waals surface area contributed by atoms with Crippen molar-refractivity contribution in [2.75, 3.05) is 19.5 Å². The molecule has 150 valence electrons. The van der Waals surface area contributed by atoms with Crippen LogP contribution < -0.4 is 10.1 Å². The van der Waals surface area contributed by atoms with Gasteiger partial charge in [-0.2, -0.15) is 0 Å². The van der Waals surface area contributed by atoms with Crippen molar-refractivity contribution in [2.45, 2.75) is 6.42 Å². The molecule has 1 amide bonds. The van der Waals surface area contributed by atoms with Crippen LogP contribution in [0.4, 0.5) is 5.69 Å². The molecule has 3 rings (SSSR count). The van der Waals surface area contributed by atoms with Crippen LogP contribution in [0.3, 0.4) is 0 Å². The zero-order valence-electron chi connectivity index (χ0n) is 15.6. The summed E-state index contributed by atoms with van der Waals surface area (Å²) in [4.78, 5) is 24.6. The number of anilines is 1. The number of methoxy groups -OCH3 is 2. The molecule has 5 nitrogen and oxygen atoms in total. The predicted octanol–water partition coefficient (Wildman–Crippen LogP) is 5.70. The summed E-state index contributed by atoms with van der Waals surface area (Å²) < 4.78 is 10.2. The Hall–Kier alpha value is -2.54. The molecule has 2 aromatic carbocycles. The maximum Gasteiger partial charge on any atom is 0.351 e. The molecular weight excluding hydrogens is 433 g/mol. The number of hydrogen-bond acceptors (Lipinski definition) is 5. The lowest BCUT2D eigenvalue weighted by Gasteiger charge is -2.09. The highest BCUT2D eigenvalue weighted by Crippen LogP contribution is 2.39. The molecule has 0 atom stereocenters. The van der Waals surface area contributed by atoms with Gasteiger partial charge in [0.1, 0.15) is 0 Å². The minimum Gasteiger partial charge on any atom is -0.494 e. The monoisotopic (exact) mass is 449 g/mol. The van der Waals surface area contributed by atoms with Crippen LogP contribution in [0, 0.1) is 0 Å². The van der Waals surface area contributed by atoms with E-state index >= 15 is 0 Å². The predicted molar refractivity (Wildman–Crippen MR) is 116 cm³/mol. The van der Waals surface area contributed by atoms with Crippen molar-refractivity contribution in [1.82, 2.24) is 0 Å². The Balaban J connectivity index is 1.75. The molecule has 0 fully saturated rings. The Labute approximate surface area is 182 Å². The number of amides is 1. The summed E-state index contributed by atoms with van der Waals surface area (Å²) in [5.41, 5.74) is 2.84. The second-order valence-electron chi connectivity index (χ2n) is 6.01. The van der Waals surface area contributed by atoms with Crippen LogP contribution in [-0.2, 0) is 16.0 Å². The van der Waals surface area contributed by atoms with Crippen molar-refractivity contribution in [3.8, 4) is 16.9 Å². The lowest BCUT2D eigenvalue weighted by atomic mass is 10.1. The smallest absolute Gasteiger partial charge is 0.351 e. The highest BCUT2D eigenvalue weighted by atomic mass is 35.5. The van der Waals surface area contributed by atoms with Gasteiger partial charge in [-0.15, -0.1) is 11.3 Å². The van der Waals surface area contributed by atoms with Crippen LogP contribution in [0.2, 0.25) is 10.0 Å². The molecule has 0 spiro atoms. The minimum atomic E-state index is -0.444. The molecule has 0 saturated heterocycles. The quantitative estimate of drug-likeness (QED) is 0.490. The minimum absolute atomic E-state index is 0.0705. The Bertz CT molecular complexity index is 1030. The second-order valence-corrected chi connectivity index (χ2v) is 7.70. The Kier molecular flexibility index (Phi) is 6.79. The molecule has 29 heavy (non-hydrogen) atoms. The zero-order valence-corrected chi connectivity index (χ0v) is 18.0. The first-order chi connectivity index (χ1) is 13.9. The summed E-state index contributed by atoms with van der Waals surface area (Å²) in [6.45, 7) is 0. The number of halogens is 2. The van der Waals surface area contributed by atoms with Crippen LogP contribution >= 0.6 is 34.5 Å². The van der Waals surface area contributed by atoms with Gasteiger partial charge in [-0.05, 0) is 35.4 Å². The highest BCUT2D eigenvalue weighted by molar-refractivity contribution is 7.12. The lowest BCUT2D eigenvalue weighted by molar-refractivity contribution is -0.115. The Morgan fingerprint density at radius 3 is 2.28 bits per heavy atom. The number of nitrogens with one attached hydrogen (secondary N) is 1. The van der Waals surface area contributed by atoms with E-state index in [1.807, 2.05) is 17.5 Å². The molecule has 0 aliphatic heterocycles. The van der Waals surface area contributed by atoms with Gasteiger partial charge < -0.3 is 14.8 Å². The van der Waals surface area contributed by atoms with E-state index < -0.39 is 5.97 Å². The van der Waals surface area contributed by atoms with Crippen molar-refractivity contribution >= 4 is 52.1 Å². The summed E-state index contributed by atoms with van der Waals surface area (Å²) >= 11 is 13.5. The molecule has 0 saturated carbocycles. The fraction of sp³-hybridized carbons (Fsp3) is 0.143. The first-order valence-electron chi connectivity index (χ1n) is 8.51. The third-order valence-electron chi connectivity index (χ3n) is 4.20. The van der Waals surface area contributed by atoms with E-state index in [4.69, 9.17) is 32.7 Å². The van der Waals surface area contributed by atoms with Crippen LogP contribution in [0.25, 0.3) is 11.1 Å². The molecule has 1 heterocycles. The SMILES string of the molecule is COC(=O)c1scc(-c2ccc(NC(=O)Cc3c(Cl)cccc3Cl)cc2)c1OC. The van der Waals surface area contributed by atoms with Gasteiger partial charge in [-0.3, -0.25) is 4.79 Å². The summed E-state index contributed by atoms with van der Waals surface area (Å²) in [6, 6.07) is 12.3. The topological polar surface area (TPSA) is 64.6 Å². The molecule has 0 radical (unpaired) electrons. The summed E-state index contributed by atoms with van der Waals surface area (Å²) in [6.07, 6.45) is 0.0705. The Morgan fingerprint density at radius 1 is 1.03 bits per heavy atom. The molecule has 1 aromatic heterocycles. The van der Waals surface area contributed by atoms with E-state index in [1.54, 1.807) is 30.3 Å². The molecule has 0 aliphatic rings. The van der Waals surface area contributed by atoms with Crippen molar-refractivity contribution in [3.05, 3.63) is 68.3 Å². The second kappa shape index (κ2) is 9.31. The summed E-state index contributed by atoms with van der Waals surface area (Å²) in [5, 5.41) is 5.56. The first-order valence-corrected chi connectivity index (χ1v) is 10.1. The number of rotatable bonds is 6. The van der Waals surface area contributed by atoms with Crippen molar-refractivity contribution < 1.29 is 19.1 Å². The normalized spacial score (nSPS) is 10.5. The number of thiophene rings is 1. The molecule has 3 aromatic rings. The standard InChI is InChI=1S/C21H17Cl2NO4S/c1-27-19-15(11-29-20(19)21(26)28-2)12-6-8-13(9-7-12)24-18(25)10-14-16(22)4-3-5-17(14)23/h3-9,11H,10H2,1-2H3,(H,24,25). The van der Waals surface area contributed by atoms with Crippen LogP contribution in [0.15, 0.2) is 47.8 Å². The van der Waals surface area contributed by atoms with Gasteiger partial charge in [0.15, 0.2) is 10.6 Å².